The molecule has 0 amide bonds. The second-order valence-electron chi connectivity index (χ2n) is 4.27. The van der Waals surface area contributed by atoms with Gasteiger partial charge in [0.25, 0.3) is 0 Å². The third-order valence-electron chi connectivity index (χ3n) is 2.83. The molecule has 0 bridgehead atoms. The number of nitrogens with one attached hydrogen (secondary N) is 2. The Labute approximate surface area is 103 Å². The fraction of sp³-hybridized carbons (Fsp3) is 0.250. The second kappa shape index (κ2) is 4.11. The minimum atomic E-state index is -0.565. The fourth-order valence-electron chi connectivity index (χ4n) is 1.72. The van der Waals surface area contributed by atoms with Gasteiger partial charge in [-0.1, -0.05) is 0 Å². The minimum Gasteiger partial charge on any atom is -0.321 e. The third-order valence-corrected chi connectivity index (χ3v) is 2.83. The van der Waals surface area contributed by atoms with Crippen molar-refractivity contribution in [3.63, 3.8) is 0 Å². The van der Waals surface area contributed by atoms with E-state index in [4.69, 9.17) is 5.26 Å². The summed E-state index contributed by atoms with van der Waals surface area (Å²) in [6.45, 7) is 0. The summed E-state index contributed by atoms with van der Waals surface area (Å²) in [6, 6.07) is 4.83. The van der Waals surface area contributed by atoms with Gasteiger partial charge in [0.15, 0.2) is 17.5 Å². The van der Waals surface area contributed by atoms with Crippen LogP contribution >= 0.6 is 0 Å². The summed E-state index contributed by atoms with van der Waals surface area (Å²) in [5, 5.41) is 18.4. The van der Waals surface area contributed by atoms with Crippen LogP contribution in [0.4, 0.5) is 16.0 Å². The Kier molecular flexibility index (Phi) is 2.45. The lowest BCUT2D eigenvalue weighted by Gasteiger charge is -2.02. The Hall–Kier alpha value is -2.42. The summed E-state index contributed by atoms with van der Waals surface area (Å²) in [6.07, 6.45) is 3.66. The van der Waals surface area contributed by atoms with Gasteiger partial charge >= 0.3 is 0 Å². The van der Waals surface area contributed by atoms with Crippen LogP contribution in [0.2, 0.25) is 0 Å². The van der Waals surface area contributed by atoms with E-state index >= 15 is 0 Å². The van der Waals surface area contributed by atoms with Crippen molar-refractivity contribution in [1.82, 2.24) is 15.2 Å². The minimum absolute atomic E-state index is 0.0721. The first kappa shape index (κ1) is 10.7. The van der Waals surface area contributed by atoms with Crippen molar-refractivity contribution in [2.45, 2.75) is 18.8 Å². The molecule has 0 unspecified atom stereocenters. The van der Waals surface area contributed by atoms with Crippen LogP contribution in [0.25, 0.3) is 0 Å². The molecule has 0 radical (unpaired) electrons. The Morgan fingerprint density at radius 3 is 2.94 bits per heavy atom. The molecule has 90 valence electrons. The van der Waals surface area contributed by atoms with Gasteiger partial charge in [-0.25, -0.2) is 9.37 Å². The zero-order valence-corrected chi connectivity index (χ0v) is 9.44. The summed E-state index contributed by atoms with van der Waals surface area (Å²) in [5.74, 6) is 0.604. The summed E-state index contributed by atoms with van der Waals surface area (Å²) in [5.41, 5.74) is 1.25. The number of hydrogen-bond donors (Lipinski definition) is 2. The zero-order chi connectivity index (χ0) is 12.5. The van der Waals surface area contributed by atoms with E-state index in [2.05, 4.69) is 20.5 Å². The molecule has 1 saturated carbocycles. The van der Waals surface area contributed by atoms with E-state index in [1.165, 1.54) is 19.0 Å². The van der Waals surface area contributed by atoms with Gasteiger partial charge in [0.1, 0.15) is 6.07 Å². The molecule has 6 heteroatoms. The molecule has 0 aliphatic heterocycles. The van der Waals surface area contributed by atoms with Crippen molar-refractivity contribution in [3.05, 3.63) is 35.4 Å². The van der Waals surface area contributed by atoms with Gasteiger partial charge in [0, 0.05) is 23.9 Å². The molecule has 2 heterocycles. The highest BCUT2D eigenvalue weighted by molar-refractivity contribution is 5.53. The van der Waals surface area contributed by atoms with E-state index in [9.17, 15) is 4.39 Å². The summed E-state index contributed by atoms with van der Waals surface area (Å²) >= 11 is 0. The van der Waals surface area contributed by atoms with E-state index in [1.807, 2.05) is 12.1 Å². The highest BCUT2D eigenvalue weighted by Gasteiger charge is 2.25. The molecule has 3 rings (SSSR count). The maximum Gasteiger partial charge on any atom is 0.167 e. The first-order valence-corrected chi connectivity index (χ1v) is 5.64. The quantitative estimate of drug-likeness (QED) is 0.867. The lowest BCUT2D eigenvalue weighted by atomic mass is 10.3. The average Bonchev–Trinajstić information content (AvgIpc) is 3.13. The molecule has 5 nitrogen and oxygen atoms in total. The van der Waals surface area contributed by atoms with Crippen LogP contribution in [-0.2, 0) is 0 Å². The number of H-pyrrole nitrogens is 1. The first-order chi connectivity index (χ1) is 8.76. The van der Waals surface area contributed by atoms with Gasteiger partial charge in [-0.15, -0.1) is 0 Å². The van der Waals surface area contributed by atoms with Crippen LogP contribution in [0.1, 0.15) is 30.0 Å². The van der Waals surface area contributed by atoms with E-state index in [0.29, 0.717) is 11.7 Å². The van der Waals surface area contributed by atoms with Gasteiger partial charge in [-0.3, -0.25) is 5.10 Å². The second-order valence-corrected chi connectivity index (χ2v) is 4.27. The molecule has 1 aliphatic carbocycles. The molecular formula is C12H10FN5. The van der Waals surface area contributed by atoms with Crippen LogP contribution < -0.4 is 5.32 Å². The van der Waals surface area contributed by atoms with Crippen molar-refractivity contribution in [2.75, 3.05) is 5.32 Å². The zero-order valence-electron chi connectivity index (χ0n) is 9.44. The van der Waals surface area contributed by atoms with Crippen molar-refractivity contribution in [2.24, 2.45) is 0 Å². The van der Waals surface area contributed by atoms with Gasteiger partial charge in [0.2, 0.25) is 0 Å². The Morgan fingerprint density at radius 1 is 1.44 bits per heavy atom. The van der Waals surface area contributed by atoms with E-state index in [-0.39, 0.29) is 11.4 Å². The average molecular weight is 243 g/mol. The summed E-state index contributed by atoms with van der Waals surface area (Å²) in [7, 11) is 0. The number of aromatic nitrogens is 3. The van der Waals surface area contributed by atoms with Gasteiger partial charge in [-0.05, 0) is 18.9 Å². The Balaban J connectivity index is 1.80. The standard InChI is InChI=1S/C12H10FN5/c13-9-3-7(5-14)6-15-12(9)16-11-4-10(17-18-11)8-1-2-8/h3-4,6,8H,1-2H2,(H2,15,16,17,18). The number of pyridine rings is 1. The van der Waals surface area contributed by atoms with E-state index in [0.717, 1.165) is 11.8 Å². The monoisotopic (exact) mass is 243 g/mol. The molecule has 18 heavy (non-hydrogen) atoms. The van der Waals surface area contributed by atoms with Crippen molar-refractivity contribution in [1.29, 1.82) is 5.26 Å². The number of aromatic amines is 1. The van der Waals surface area contributed by atoms with Gasteiger partial charge in [0.05, 0.1) is 5.56 Å². The maximum atomic E-state index is 13.6. The normalized spacial score (nSPS) is 14.2. The van der Waals surface area contributed by atoms with Crippen LogP contribution in [0.15, 0.2) is 18.3 Å². The van der Waals surface area contributed by atoms with Crippen LogP contribution in [0, 0.1) is 17.1 Å². The van der Waals surface area contributed by atoms with Gasteiger partial charge in [-0.2, -0.15) is 10.4 Å². The number of halogens is 1. The molecule has 0 atom stereocenters. The highest BCUT2D eigenvalue weighted by Crippen LogP contribution is 2.39. The third kappa shape index (κ3) is 2.02. The lowest BCUT2D eigenvalue weighted by Crippen LogP contribution is -1.98. The molecule has 0 saturated heterocycles. The first-order valence-electron chi connectivity index (χ1n) is 5.64. The maximum absolute atomic E-state index is 13.6. The van der Waals surface area contributed by atoms with Crippen LogP contribution in [0.5, 0.6) is 0 Å². The topological polar surface area (TPSA) is 77.4 Å². The predicted octanol–water partition coefficient (Wildman–Crippen LogP) is 2.44. The number of nitrogens with zero attached hydrogens (tertiary/aromatic N) is 3. The molecule has 0 aromatic carbocycles. The summed E-state index contributed by atoms with van der Waals surface area (Å²) in [4.78, 5) is 3.85. The highest BCUT2D eigenvalue weighted by atomic mass is 19.1. The lowest BCUT2D eigenvalue weighted by molar-refractivity contribution is 0.625. The van der Waals surface area contributed by atoms with Crippen molar-refractivity contribution < 1.29 is 4.39 Å². The number of hydrogen-bond acceptors (Lipinski definition) is 4. The SMILES string of the molecule is N#Cc1cnc(Nc2cc(C3CC3)[nH]n2)c(F)c1. The van der Waals surface area contributed by atoms with Crippen LogP contribution in [0.3, 0.4) is 0 Å². The molecule has 1 aliphatic rings. The molecule has 0 spiro atoms. The molecule has 2 aromatic rings. The fourth-order valence-corrected chi connectivity index (χ4v) is 1.72. The Morgan fingerprint density at radius 2 is 2.28 bits per heavy atom. The molecule has 2 N–H and O–H groups in total. The molecule has 2 aromatic heterocycles. The van der Waals surface area contributed by atoms with E-state index in [1.54, 1.807) is 0 Å². The van der Waals surface area contributed by atoms with Crippen molar-refractivity contribution in [3.8, 4) is 6.07 Å². The Bertz CT molecular complexity index is 624. The number of nitriles is 1. The molecule has 1 fully saturated rings. The smallest absolute Gasteiger partial charge is 0.167 e. The summed E-state index contributed by atoms with van der Waals surface area (Å²) < 4.78 is 13.6. The van der Waals surface area contributed by atoms with Gasteiger partial charge < -0.3 is 5.32 Å². The largest absolute Gasteiger partial charge is 0.321 e. The van der Waals surface area contributed by atoms with Crippen LogP contribution in [-0.4, -0.2) is 15.2 Å². The predicted molar refractivity (Wildman–Crippen MR) is 62.8 cm³/mol. The number of anilines is 2. The number of rotatable bonds is 3. The van der Waals surface area contributed by atoms with Crippen molar-refractivity contribution >= 4 is 11.6 Å². The molecular weight excluding hydrogens is 233 g/mol. The van der Waals surface area contributed by atoms with E-state index < -0.39 is 5.82 Å².